The molecule has 3 aromatic rings. The highest BCUT2D eigenvalue weighted by Gasteiger charge is 2.13. The highest BCUT2D eigenvalue weighted by molar-refractivity contribution is 6.06. The first-order valence-electron chi connectivity index (χ1n) is 7.60. The van der Waals surface area contributed by atoms with Crippen LogP contribution in [0.5, 0.6) is 5.75 Å². The summed E-state index contributed by atoms with van der Waals surface area (Å²) < 4.78 is 6.82. The smallest absolute Gasteiger partial charge is 0.252 e. The number of pyridine rings is 1. The molecule has 1 N–H and O–H groups in total. The van der Waals surface area contributed by atoms with Crippen LogP contribution in [0.15, 0.2) is 59.4 Å². The maximum absolute atomic E-state index is 12.6. The molecule has 0 fully saturated rings. The molecule has 0 saturated heterocycles. The minimum Gasteiger partial charge on any atom is -0.496 e. The number of nitrogens with one attached hydrogen (secondary N) is 1. The third kappa shape index (κ3) is 2.88. The predicted octanol–water partition coefficient (Wildman–Crippen LogP) is 2.48. The zero-order valence-electron chi connectivity index (χ0n) is 13.6. The molecule has 0 saturated carbocycles. The lowest BCUT2D eigenvalue weighted by molar-refractivity contribution is 0.0952. The van der Waals surface area contributed by atoms with Gasteiger partial charge in [-0.05, 0) is 12.1 Å². The van der Waals surface area contributed by atoms with Crippen LogP contribution in [0.25, 0.3) is 10.9 Å². The molecule has 0 radical (unpaired) electrons. The van der Waals surface area contributed by atoms with Crippen molar-refractivity contribution >= 4 is 16.8 Å². The molecule has 1 aromatic heterocycles. The van der Waals surface area contributed by atoms with Gasteiger partial charge in [-0.25, -0.2) is 0 Å². The minimum absolute atomic E-state index is 0.212. The van der Waals surface area contributed by atoms with Crippen LogP contribution < -0.4 is 15.6 Å². The first-order valence-corrected chi connectivity index (χ1v) is 7.60. The Bertz CT molecular complexity index is 960. The van der Waals surface area contributed by atoms with Gasteiger partial charge in [-0.3, -0.25) is 9.59 Å². The van der Waals surface area contributed by atoms with E-state index in [0.29, 0.717) is 17.9 Å². The SMILES string of the molecule is COc1ccccc1CNC(=O)c1cc(=O)n(C)c2ccccc12. The van der Waals surface area contributed by atoms with Crippen LogP contribution in [0, 0.1) is 0 Å². The number of hydrogen-bond acceptors (Lipinski definition) is 3. The topological polar surface area (TPSA) is 60.3 Å². The Hall–Kier alpha value is -3.08. The van der Waals surface area contributed by atoms with Crippen molar-refractivity contribution in [2.24, 2.45) is 7.05 Å². The normalized spacial score (nSPS) is 10.6. The molecule has 0 unspecified atom stereocenters. The van der Waals surface area contributed by atoms with Crippen molar-refractivity contribution in [2.45, 2.75) is 6.54 Å². The van der Waals surface area contributed by atoms with Crippen molar-refractivity contribution in [1.29, 1.82) is 0 Å². The molecule has 0 aliphatic carbocycles. The number of aryl methyl sites for hydroxylation is 1. The van der Waals surface area contributed by atoms with E-state index >= 15 is 0 Å². The molecule has 0 atom stereocenters. The molecule has 0 aliphatic heterocycles. The van der Waals surface area contributed by atoms with E-state index in [9.17, 15) is 9.59 Å². The summed E-state index contributed by atoms with van der Waals surface area (Å²) in [6, 6.07) is 16.2. The monoisotopic (exact) mass is 322 g/mol. The first kappa shape index (κ1) is 15.8. The molecular formula is C19H18N2O3. The van der Waals surface area contributed by atoms with E-state index in [1.807, 2.05) is 48.5 Å². The lowest BCUT2D eigenvalue weighted by Gasteiger charge is -2.12. The summed E-state index contributed by atoms with van der Waals surface area (Å²) >= 11 is 0. The van der Waals surface area contributed by atoms with E-state index in [-0.39, 0.29) is 11.5 Å². The van der Waals surface area contributed by atoms with E-state index < -0.39 is 0 Å². The number of para-hydroxylation sites is 2. The number of methoxy groups -OCH3 is 1. The fourth-order valence-electron chi connectivity index (χ4n) is 2.72. The van der Waals surface area contributed by atoms with Crippen LogP contribution in [0.2, 0.25) is 0 Å². The van der Waals surface area contributed by atoms with Gasteiger partial charge in [0.15, 0.2) is 0 Å². The quantitative estimate of drug-likeness (QED) is 0.803. The number of nitrogens with zero attached hydrogens (tertiary/aromatic N) is 1. The Labute approximate surface area is 139 Å². The van der Waals surface area contributed by atoms with Crippen LogP contribution in [-0.2, 0) is 13.6 Å². The number of carbonyl (C=O) groups is 1. The van der Waals surface area contributed by atoms with Gasteiger partial charge in [0.2, 0.25) is 0 Å². The van der Waals surface area contributed by atoms with Gasteiger partial charge in [-0.15, -0.1) is 0 Å². The minimum atomic E-state index is -0.283. The number of hydrogen-bond donors (Lipinski definition) is 1. The second-order valence-corrected chi connectivity index (χ2v) is 5.47. The zero-order valence-corrected chi connectivity index (χ0v) is 13.6. The number of fused-ring (bicyclic) bond motifs is 1. The standard InChI is InChI=1S/C19H18N2O3/c1-21-16-9-5-4-8-14(16)15(11-18(21)22)19(23)20-12-13-7-3-6-10-17(13)24-2/h3-11H,12H2,1-2H3,(H,20,23). The zero-order chi connectivity index (χ0) is 17.1. The van der Waals surface area contributed by atoms with Gasteiger partial charge in [0.25, 0.3) is 11.5 Å². The maximum Gasteiger partial charge on any atom is 0.252 e. The number of ether oxygens (including phenoxy) is 1. The van der Waals surface area contributed by atoms with Gasteiger partial charge in [-0.2, -0.15) is 0 Å². The van der Waals surface area contributed by atoms with Crippen molar-refractivity contribution in [1.82, 2.24) is 9.88 Å². The largest absolute Gasteiger partial charge is 0.496 e. The predicted molar refractivity (Wildman–Crippen MR) is 93.4 cm³/mol. The van der Waals surface area contributed by atoms with E-state index in [2.05, 4.69) is 5.32 Å². The van der Waals surface area contributed by atoms with Gasteiger partial charge in [0.05, 0.1) is 18.2 Å². The van der Waals surface area contributed by atoms with Crippen molar-refractivity contribution in [3.63, 3.8) is 0 Å². The van der Waals surface area contributed by atoms with Gasteiger partial charge in [0.1, 0.15) is 5.75 Å². The van der Waals surface area contributed by atoms with Crippen molar-refractivity contribution < 1.29 is 9.53 Å². The number of benzene rings is 2. The average Bonchev–Trinajstić information content (AvgIpc) is 2.63. The number of rotatable bonds is 4. The first-order chi connectivity index (χ1) is 11.6. The Morgan fingerprint density at radius 1 is 1.12 bits per heavy atom. The third-order valence-electron chi connectivity index (χ3n) is 4.03. The summed E-state index contributed by atoms with van der Waals surface area (Å²) in [6.07, 6.45) is 0. The van der Waals surface area contributed by atoms with Gasteiger partial charge in [-0.1, -0.05) is 36.4 Å². The van der Waals surface area contributed by atoms with Crippen molar-refractivity contribution in [2.75, 3.05) is 7.11 Å². The second kappa shape index (κ2) is 6.58. The van der Waals surface area contributed by atoms with Crippen LogP contribution in [-0.4, -0.2) is 17.6 Å². The highest BCUT2D eigenvalue weighted by atomic mass is 16.5. The molecule has 122 valence electrons. The number of aromatic nitrogens is 1. The molecule has 3 rings (SSSR count). The lowest BCUT2D eigenvalue weighted by Crippen LogP contribution is -2.26. The Morgan fingerprint density at radius 3 is 2.62 bits per heavy atom. The van der Waals surface area contributed by atoms with E-state index in [1.165, 1.54) is 10.6 Å². The van der Waals surface area contributed by atoms with Crippen LogP contribution in [0.1, 0.15) is 15.9 Å². The summed E-state index contributed by atoms with van der Waals surface area (Å²) in [5.41, 5.74) is 1.77. The number of amides is 1. The summed E-state index contributed by atoms with van der Waals surface area (Å²) in [4.78, 5) is 24.7. The molecule has 0 spiro atoms. The fourth-order valence-corrected chi connectivity index (χ4v) is 2.72. The molecule has 5 heteroatoms. The Morgan fingerprint density at radius 2 is 1.83 bits per heavy atom. The van der Waals surface area contributed by atoms with E-state index in [1.54, 1.807) is 14.2 Å². The third-order valence-corrected chi connectivity index (χ3v) is 4.03. The fraction of sp³-hybridized carbons (Fsp3) is 0.158. The highest BCUT2D eigenvalue weighted by Crippen LogP contribution is 2.18. The summed E-state index contributed by atoms with van der Waals surface area (Å²) in [6.45, 7) is 0.326. The van der Waals surface area contributed by atoms with Gasteiger partial charge < -0.3 is 14.6 Å². The molecule has 5 nitrogen and oxygen atoms in total. The van der Waals surface area contributed by atoms with Crippen molar-refractivity contribution in [3.8, 4) is 5.75 Å². The molecular weight excluding hydrogens is 304 g/mol. The summed E-state index contributed by atoms with van der Waals surface area (Å²) in [7, 11) is 3.29. The second-order valence-electron chi connectivity index (χ2n) is 5.47. The molecule has 1 heterocycles. The molecule has 0 bridgehead atoms. The number of carbonyl (C=O) groups excluding carboxylic acids is 1. The molecule has 24 heavy (non-hydrogen) atoms. The van der Waals surface area contributed by atoms with Crippen molar-refractivity contribution in [3.05, 3.63) is 76.1 Å². The van der Waals surface area contributed by atoms with Crippen LogP contribution >= 0.6 is 0 Å². The van der Waals surface area contributed by atoms with Gasteiger partial charge in [0, 0.05) is 30.6 Å². The lowest BCUT2D eigenvalue weighted by atomic mass is 10.1. The maximum atomic E-state index is 12.6. The molecule has 2 aromatic carbocycles. The van der Waals surface area contributed by atoms with E-state index in [0.717, 1.165) is 16.5 Å². The molecule has 0 aliphatic rings. The Balaban J connectivity index is 1.92. The van der Waals surface area contributed by atoms with Crippen LogP contribution in [0.3, 0.4) is 0 Å². The van der Waals surface area contributed by atoms with Crippen LogP contribution in [0.4, 0.5) is 0 Å². The Kier molecular flexibility index (Phi) is 4.33. The summed E-state index contributed by atoms with van der Waals surface area (Å²) in [5, 5.41) is 3.61. The molecule has 1 amide bonds. The van der Waals surface area contributed by atoms with E-state index in [4.69, 9.17) is 4.74 Å². The summed E-state index contributed by atoms with van der Waals surface area (Å²) in [5.74, 6) is 0.432. The van der Waals surface area contributed by atoms with Gasteiger partial charge >= 0.3 is 0 Å². The average molecular weight is 322 g/mol.